The zero-order valence-corrected chi connectivity index (χ0v) is 7.36. The van der Waals surface area contributed by atoms with Crippen LogP contribution in [0, 0.1) is 0 Å². The first kappa shape index (κ1) is 9.44. The second kappa shape index (κ2) is 3.84. The van der Waals surface area contributed by atoms with E-state index in [-0.39, 0.29) is 5.91 Å². The highest BCUT2D eigenvalue weighted by molar-refractivity contribution is 5.81. The van der Waals surface area contributed by atoms with E-state index >= 15 is 0 Å². The summed E-state index contributed by atoms with van der Waals surface area (Å²) >= 11 is 0. The van der Waals surface area contributed by atoms with Crippen LogP contribution >= 0.6 is 0 Å². The van der Waals surface area contributed by atoms with Crippen molar-refractivity contribution in [1.82, 2.24) is 9.91 Å². The number of hydrogen-bond acceptors (Lipinski definition) is 4. The molecule has 0 unspecified atom stereocenters. The van der Waals surface area contributed by atoms with Crippen molar-refractivity contribution in [3.05, 3.63) is 0 Å². The first-order chi connectivity index (χ1) is 5.61. The summed E-state index contributed by atoms with van der Waals surface area (Å²) < 4.78 is 0. The Hall–Kier alpha value is -0.650. The van der Waals surface area contributed by atoms with Crippen LogP contribution in [0.1, 0.15) is 6.92 Å². The van der Waals surface area contributed by atoms with Crippen molar-refractivity contribution in [3.63, 3.8) is 0 Å². The number of amides is 1. The van der Waals surface area contributed by atoms with Gasteiger partial charge in [0, 0.05) is 26.2 Å². The van der Waals surface area contributed by atoms with Crippen molar-refractivity contribution in [2.75, 3.05) is 26.2 Å². The largest absolute Gasteiger partial charge is 0.339 e. The van der Waals surface area contributed by atoms with Gasteiger partial charge in [0.25, 0.3) is 0 Å². The Labute approximate surface area is 72.3 Å². The summed E-state index contributed by atoms with van der Waals surface area (Å²) in [7, 11) is 0. The number of carbonyl (C=O) groups is 1. The van der Waals surface area contributed by atoms with E-state index < -0.39 is 6.04 Å². The van der Waals surface area contributed by atoms with Crippen LogP contribution < -0.4 is 11.6 Å². The van der Waals surface area contributed by atoms with Crippen LogP contribution in [0.5, 0.6) is 0 Å². The summed E-state index contributed by atoms with van der Waals surface area (Å²) in [5.41, 5.74) is 5.47. The fourth-order valence-electron chi connectivity index (χ4n) is 1.23. The molecule has 1 atom stereocenters. The lowest BCUT2D eigenvalue weighted by atomic mass is 10.2. The van der Waals surface area contributed by atoms with Gasteiger partial charge in [-0.1, -0.05) is 0 Å². The Balaban J connectivity index is 2.39. The number of nitrogens with two attached hydrogens (primary N) is 2. The third-order valence-electron chi connectivity index (χ3n) is 2.02. The van der Waals surface area contributed by atoms with Gasteiger partial charge in [0.1, 0.15) is 0 Å². The highest BCUT2D eigenvalue weighted by Crippen LogP contribution is 1.99. The Morgan fingerprint density at radius 1 is 1.33 bits per heavy atom. The van der Waals surface area contributed by atoms with Crippen molar-refractivity contribution in [1.29, 1.82) is 0 Å². The van der Waals surface area contributed by atoms with Gasteiger partial charge in [-0.05, 0) is 6.92 Å². The number of piperazine rings is 1. The number of nitrogens with zero attached hydrogens (tertiary/aromatic N) is 2. The summed E-state index contributed by atoms with van der Waals surface area (Å²) in [6.45, 7) is 4.56. The van der Waals surface area contributed by atoms with E-state index in [9.17, 15) is 4.79 Å². The Morgan fingerprint density at radius 3 is 2.25 bits per heavy atom. The van der Waals surface area contributed by atoms with Gasteiger partial charge in [-0.3, -0.25) is 10.6 Å². The molecule has 5 heteroatoms. The topological polar surface area (TPSA) is 75.6 Å². The first-order valence-electron chi connectivity index (χ1n) is 4.15. The quantitative estimate of drug-likeness (QED) is 0.465. The van der Waals surface area contributed by atoms with Gasteiger partial charge >= 0.3 is 0 Å². The molecule has 0 spiro atoms. The summed E-state index contributed by atoms with van der Waals surface area (Å²) in [6, 6.07) is -0.394. The van der Waals surface area contributed by atoms with Crippen LogP contribution in [0.15, 0.2) is 0 Å². The molecule has 1 heterocycles. The third kappa shape index (κ3) is 2.17. The maximum atomic E-state index is 11.3. The van der Waals surface area contributed by atoms with Crippen molar-refractivity contribution in [2.24, 2.45) is 11.6 Å². The molecule has 0 aliphatic carbocycles. The predicted molar refractivity (Wildman–Crippen MR) is 46.0 cm³/mol. The average molecular weight is 172 g/mol. The lowest BCUT2D eigenvalue weighted by Gasteiger charge is -2.32. The van der Waals surface area contributed by atoms with Gasteiger partial charge in [-0.25, -0.2) is 5.01 Å². The molecular formula is C7H16N4O. The number of carbonyl (C=O) groups excluding carboxylic acids is 1. The van der Waals surface area contributed by atoms with E-state index in [4.69, 9.17) is 11.6 Å². The second-order valence-electron chi connectivity index (χ2n) is 3.15. The lowest BCUT2D eigenvalue weighted by molar-refractivity contribution is -0.133. The Kier molecular flexibility index (Phi) is 3.02. The molecule has 1 fully saturated rings. The molecule has 0 bridgehead atoms. The van der Waals surface area contributed by atoms with E-state index in [1.54, 1.807) is 16.8 Å². The molecule has 5 nitrogen and oxygen atoms in total. The van der Waals surface area contributed by atoms with Crippen LogP contribution in [-0.4, -0.2) is 48.0 Å². The van der Waals surface area contributed by atoms with Crippen molar-refractivity contribution in [2.45, 2.75) is 13.0 Å². The van der Waals surface area contributed by atoms with Gasteiger partial charge in [0.2, 0.25) is 5.91 Å². The molecule has 0 aromatic carbocycles. The summed E-state index contributed by atoms with van der Waals surface area (Å²) in [6.07, 6.45) is 0. The first-order valence-corrected chi connectivity index (χ1v) is 4.15. The average Bonchev–Trinajstić information content (AvgIpc) is 2.04. The second-order valence-corrected chi connectivity index (χ2v) is 3.15. The van der Waals surface area contributed by atoms with Crippen molar-refractivity contribution < 1.29 is 4.79 Å². The SMILES string of the molecule is C[C@H](N)C(=O)N1CCN(N)CC1. The zero-order chi connectivity index (χ0) is 9.14. The fraction of sp³-hybridized carbons (Fsp3) is 0.857. The molecule has 1 saturated heterocycles. The molecule has 4 N–H and O–H groups in total. The van der Waals surface area contributed by atoms with Crippen molar-refractivity contribution >= 4 is 5.91 Å². The van der Waals surface area contributed by atoms with Gasteiger partial charge in [-0.2, -0.15) is 0 Å². The molecule has 70 valence electrons. The maximum Gasteiger partial charge on any atom is 0.239 e. The Morgan fingerprint density at radius 2 is 1.83 bits per heavy atom. The van der Waals surface area contributed by atoms with Crippen LogP contribution in [-0.2, 0) is 4.79 Å². The van der Waals surface area contributed by atoms with E-state index in [1.165, 1.54) is 0 Å². The zero-order valence-electron chi connectivity index (χ0n) is 7.36. The number of hydrazine groups is 1. The smallest absolute Gasteiger partial charge is 0.239 e. The lowest BCUT2D eigenvalue weighted by Crippen LogP contribution is -2.54. The van der Waals surface area contributed by atoms with Gasteiger partial charge in [0.15, 0.2) is 0 Å². The van der Waals surface area contributed by atoms with Gasteiger partial charge in [-0.15, -0.1) is 0 Å². The van der Waals surface area contributed by atoms with Crippen LogP contribution in [0.3, 0.4) is 0 Å². The van der Waals surface area contributed by atoms with E-state index in [0.29, 0.717) is 13.1 Å². The molecule has 1 rings (SSSR count). The molecule has 0 aromatic heterocycles. The maximum absolute atomic E-state index is 11.3. The van der Waals surface area contributed by atoms with Gasteiger partial charge in [0.05, 0.1) is 6.04 Å². The molecule has 0 aromatic rings. The summed E-state index contributed by atoms with van der Waals surface area (Å²) in [5, 5.41) is 1.71. The van der Waals surface area contributed by atoms with E-state index in [1.807, 2.05) is 0 Å². The van der Waals surface area contributed by atoms with E-state index in [2.05, 4.69) is 0 Å². The predicted octanol–water partition coefficient (Wildman–Crippen LogP) is -1.65. The molecule has 1 amide bonds. The highest BCUT2D eigenvalue weighted by Gasteiger charge is 2.21. The molecule has 0 radical (unpaired) electrons. The summed E-state index contributed by atoms with van der Waals surface area (Å²) in [5.74, 6) is 5.55. The van der Waals surface area contributed by atoms with Crippen LogP contribution in [0.2, 0.25) is 0 Å². The number of rotatable bonds is 1. The fourth-order valence-corrected chi connectivity index (χ4v) is 1.23. The van der Waals surface area contributed by atoms with Crippen molar-refractivity contribution in [3.8, 4) is 0 Å². The monoisotopic (exact) mass is 172 g/mol. The molecule has 12 heavy (non-hydrogen) atoms. The Bertz CT molecular complexity index is 163. The minimum absolute atomic E-state index is 0.0168. The number of hydrogen-bond donors (Lipinski definition) is 2. The molecule has 0 saturated carbocycles. The highest BCUT2D eigenvalue weighted by atomic mass is 16.2. The van der Waals surface area contributed by atoms with Crippen LogP contribution in [0.4, 0.5) is 0 Å². The standard InChI is InChI=1S/C7H16N4O/c1-6(8)7(12)10-2-4-11(9)5-3-10/h6H,2-5,8-9H2,1H3/t6-/m0/s1. The molecule has 1 aliphatic heterocycles. The molecular weight excluding hydrogens is 156 g/mol. The normalized spacial score (nSPS) is 22.4. The van der Waals surface area contributed by atoms with Gasteiger partial charge < -0.3 is 10.6 Å². The summed E-state index contributed by atoms with van der Waals surface area (Å²) in [4.78, 5) is 13.1. The molecule has 1 aliphatic rings. The minimum Gasteiger partial charge on any atom is -0.339 e. The minimum atomic E-state index is -0.394. The van der Waals surface area contributed by atoms with E-state index in [0.717, 1.165) is 13.1 Å². The van der Waals surface area contributed by atoms with Crippen LogP contribution in [0.25, 0.3) is 0 Å². The third-order valence-corrected chi connectivity index (χ3v) is 2.02.